The van der Waals surface area contributed by atoms with Crippen molar-refractivity contribution in [2.75, 3.05) is 13.7 Å². The van der Waals surface area contributed by atoms with E-state index in [1.807, 2.05) is 0 Å². The summed E-state index contributed by atoms with van der Waals surface area (Å²) in [7, 11) is 1.69. The molecule has 0 aliphatic carbocycles. The summed E-state index contributed by atoms with van der Waals surface area (Å²) >= 11 is 1.69. The molecule has 2 nitrogen and oxygen atoms in total. The van der Waals surface area contributed by atoms with Crippen molar-refractivity contribution >= 4 is 11.3 Å². The van der Waals surface area contributed by atoms with Crippen molar-refractivity contribution in [2.24, 2.45) is 5.92 Å². The van der Waals surface area contributed by atoms with Gasteiger partial charge in [0.15, 0.2) is 0 Å². The van der Waals surface area contributed by atoms with Crippen molar-refractivity contribution in [3.63, 3.8) is 0 Å². The van der Waals surface area contributed by atoms with E-state index in [1.54, 1.807) is 18.4 Å². The molecule has 2 unspecified atom stereocenters. The van der Waals surface area contributed by atoms with Crippen molar-refractivity contribution < 1.29 is 9.84 Å². The van der Waals surface area contributed by atoms with Crippen LogP contribution in [0.15, 0.2) is 6.07 Å². The minimum atomic E-state index is -0.349. The zero-order valence-electron chi connectivity index (χ0n) is 9.91. The standard InChI is InChI=1S/C12H20O2S/c1-8(5-6-14-4)12(13)11-7-9(2)10(3)15-11/h7-8,12-13H,5-6H2,1-4H3. The summed E-state index contributed by atoms with van der Waals surface area (Å²) in [6.45, 7) is 6.95. The molecule has 0 saturated carbocycles. The number of aliphatic hydroxyl groups excluding tert-OH is 1. The second-order valence-corrected chi connectivity index (χ2v) is 5.38. The summed E-state index contributed by atoms with van der Waals surface area (Å²) in [5.41, 5.74) is 1.27. The Balaban J connectivity index is 2.62. The third-order valence-electron chi connectivity index (χ3n) is 2.79. The first-order valence-corrected chi connectivity index (χ1v) is 6.11. The zero-order chi connectivity index (χ0) is 11.4. The molecule has 0 spiro atoms. The maximum Gasteiger partial charge on any atom is 0.0908 e. The van der Waals surface area contributed by atoms with Crippen LogP contribution in [0, 0.1) is 19.8 Å². The molecule has 15 heavy (non-hydrogen) atoms. The van der Waals surface area contributed by atoms with Gasteiger partial charge in [-0.3, -0.25) is 0 Å². The molecule has 0 radical (unpaired) electrons. The van der Waals surface area contributed by atoms with Gasteiger partial charge in [-0.2, -0.15) is 0 Å². The number of hydrogen-bond donors (Lipinski definition) is 1. The number of hydrogen-bond acceptors (Lipinski definition) is 3. The summed E-state index contributed by atoms with van der Waals surface area (Å²) < 4.78 is 5.02. The van der Waals surface area contributed by atoms with Crippen molar-refractivity contribution in [1.82, 2.24) is 0 Å². The molecule has 86 valence electrons. The summed E-state index contributed by atoms with van der Waals surface area (Å²) in [5.74, 6) is 0.252. The molecule has 1 rings (SSSR count). The molecule has 3 heteroatoms. The van der Waals surface area contributed by atoms with Gasteiger partial charge in [0.1, 0.15) is 0 Å². The maximum atomic E-state index is 10.1. The van der Waals surface area contributed by atoms with Gasteiger partial charge in [0.25, 0.3) is 0 Å². The molecule has 0 fully saturated rings. The van der Waals surface area contributed by atoms with Gasteiger partial charge in [-0.15, -0.1) is 11.3 Å². The third kappa shape index (κ3) is 3.30. The second-order valence-electron chi connectivity index (χ2n) is 4.09. The highest BCUT2D eigenvalue weighted by Crippen LogP contribution is 2.31. The number of rotatable bonds is 5. The topological polar surface area (TPSA) is 29.5 Å². The van der Waals surface area contributed by atoms with E-state index in [1.165, 1.54) is 10.4 Å². The molecule has 1 N–H and O–H groups in total. The minimum Gasteiger partial charge on any atom is -0.387 e. The minimum absolute atomic E-state index is 0.252. The molecule has 0 aromatic carbocycles. The van der Waals surface area contributed by atoms with Crippen LogP contribution in [0.3, 0.4) is 0 Å². The van der Waals surface area contributed by atoms with Crippen LogP contribution in [0.4, 0.5) is 0 Å². The van der Waals surface area contributed by atoms with E-state index in [0.717, 1.165) is 11.3 Å². The lowest BCUT2D eigenvalue weighted by Crippen LogP contribution is -2.10. The number of aryl methyl sites for hydroxylation is 2. The molecule has 1 aromatic heterocycles. The maximum absolute atomic E-state index is 10.1. The Kier molecular flexibility index (Phi) is 4.77. The predicted molar refractivity (Wildman–Crippen MR) is 64.4 cm³/mol. The van der Waals surface area contributed by atoms with Gasteiger partial charge in [-0.25, -0.2) is 0 Å². The van der Waals surface area contributed by atoms with Crippen molar-refractivity contribution in [1.29, 1.82) is 0 Å². The summed E-state index contributed by atoms with van der Waals surface area (Å²) in [6.07, 6.45) is 0.547. The lowest BCUT2D eigenvalue weighted by atomic mass is 10.00. The van der Waals surface area contributed by atoms with E-state index in [0.29, 0.717) is 6.61 Å². The summed E-state index contributed by atoms with van der Waals surface area (Å²) in [5, 5.41) is 10.1. The smallest absolute Gasteiger partial charge is 0.0908 e. The molecular weight excluding hydrogens is 208 g/mol. The molecule has 0 aliphatic rings. The lowest BCUT2D eigenvalue weighted by Gasteiger charge is -2.16. The number of thiophene rings is 1. The van der Waals surface area contributed by atoms with Crippen LogP contribution in [-0.4, -0.2) is 18.8 Å². The highest BCUT2D eigenvalue weighted by molar-refractivity contribution is 7.12. The van der Waals surface area contributed by atoms with Crippen LogP contribution >= 0.6 is 11.3 Å². The molecule has 0 bridgehead atoms. The van der Waals surface area contributed by atoms with E-state index < -0.39 is 0 Å². The summed E-state index contributed by atoms with van der Waals surface area (Å²) in [4.78, 5) is 2.37. The van der Waals surface area contributed by atoms with Gasteiger partial charge < -0.3 is 9.84 Å². The number of aliphatic hydroxyl groups is 1. The van der Waals surface area contributed by atoms with Gasteiger partial charge in [-0.1, -0.05) is 6.92 Å². The largest absolute Gasteiger partial charge is 0.387 e. The fourth-order valence-corrected chi connectivity index (χ4v) is 2.65. The third-order valence-corrected chi connectivity index (χ3v) is 4.02. The van der Waals surface area contributed by atoms with Crippen LogP contribution in [-0.2, 0) is 4.74 Å². The Morgan fingerprint density at radius 2 is 2.13 bits per heavy atom. The van der Waals surface area contributed by atoms with E-state index in [2.05, 4.69) is 26.8 Å². The highest BCUT2D eigenvalue weighted by atomic mass is 32.1. The van der Waals surface area contributed by atoms with E-state index >= 15 is 0 Å². The van der Waals surface area contributed by atoms with Crippen LogP contribution in [0.2, 0.25) is 0 Å². The molecule has 0 saturated heterocycles. The van der Waals surface area contributed by atoms with Crippen LogP contribution in [0.5, 0.6) is 0 Å². The first kappa shape index (κ1) is 12.7. The first-order chi connectivity index (χ1) is 7.06. The quantitative estimate of drug-likeness (QED) is 0.839. The van der Waals surface area contributed by atoms with Gasteiger partial charge in [-0.05, 0) is 37.8 Å². The Morgan fingerprint density at radius 1 is 1.47 bits per heavy atom. The normalized spacial score (nSPS) is 15.3. The number of ether oxygens (including phenoxy) is 1. The fourth-order valence-electron chi connectivity index (χ4n) is 1.49. The van der Waals surface area contributed by atoms with Crippen LogP contribution < -0.4 is 0 Å². The van der Waals surface area contributed by atoms with Gasteiger partial charge >= 0.3 is 0 Å². The van der Waals surface area contributed by atoms with Crippen LogP contribution in [0.1, 0.15) is 34.8 Å². The second kappa shape index (κ2) is 5.64. The van der Waals surface area contributed by atoms with Crippen molar-refractivity contribution in [2.45, 2.75) is 33.3 Å². The lowest BCUT2D eigenvalue weighted by molar-refractivity contribution is 0.0911. The Morgan fingerprint density at radius 3 is 2.60 bits per heavy atom. The predicted octanol–water partition coefficient (Wildman–Crippen LogP) is 3.07. The highest BCUT2D eigenvalue weighted by Gasteiger charge is 2.18. The Labute approximate surface area is 95.9 Å². The van der Waals surface area contributed by atoms with Crippen molar-refractivity contribution in [3.05, 3.63) is 21.4 Å². The molecule has 1 aromatic rings. The summed E-state index contributed by atoms with van der Waals surface area (Å²) in [6, 6.07) is 2.09. The molecule has 0 aliphatic heterocycles. The zero-order valence-corrected chi connectivity index (χ0v) is 10.7. The first-order valence-electron chi connectivity index (χ1n) is 5.30. The van der Waals surface area contributed by atoms with Crippen LogP contribution in [0.25, 0.3) is 0 Å². The van der Waals surface area contributed by atoms with Crippen molar-refractivity contribution in [3.8, 4) is 0 Å². The van der Waals surface area contributed by atoms with Gasteiger partial charge in [0, 0.05) is 23.5 Å². The molecule has 0 amide bonds. The fraction of sp³-hybridized carbons (Fsp3) is 0.667. The molecular formula is C12H20O2S. The molecule has 1 heterocycles. The van der Waals surface area contributed by atoms with Gasteiger partial charge in [0.2, 0.25) is 0 Å². The van der Waals surface area contributed by atoms with E-state index in [4.69, 9.17) is 4.74 Å². The Bertz CT molecular complexity index is 287. The van der Waals surface area contributed by atoms with E-state index in [9.17, 15) is 5.11 Å². The van der Waals surface area contributed by atoms with Gasteiger partial charge in [0.05, 0.1) is 6.10 Å². The monoisotopic (exact) mass is 228 g/mol. The number of methoxy groups -OCH3 is 1. The molecule has 2 atom stereocenters. The average molecular weight is 228 g/mol. The van der Waals surface area contributed by atoms with E-state index in [-0.39, 0.29) is 12.0 Å². The average Bonchev–Trinajstić information content (AvgIpc) is 2.54. The SMILES string of the molecule is COCCC(C)C(O)c1cc(C)c(C)s1. The Hall–Kier alpha value is -0.380.